The Balaban J connectivity index is 1.75. The van der Waals surface area contributed by atoms with Crippen LogP contribution in [0.25, 0.3) is 0 Å². The van der Waals surface area contributed by atoms with Crippen molar-refractivity contribution in [3.05, 3.63) is 41.6 Å². The highest BCUT2D eigenvalue weighted by Gasteiger charge is 2.38. The van der Waals surface area contributed by atoms with Gasteiger partial charge in [-0.3, -0.25) is 4.79 Å². The number of likely N-dealkylation sites (N-methyl/N-ethyl adjacent to an activating group) is 1. The highest BCUT2D eigenvalue weighted by Crippen LogP contribution is 2.46. The number of anilines is 1. The standard InChI is InChI=1S/C20H25N3O2S2/c1-12(2)25-18-21-22-19(27-18)26-13(3)16(24)11-17-20(4,5)14-9-7-8-10-15(14)23(17)6/h7-13H,1-6H3/b17-11+. The van der Waals surface area contributed by atoms with Crippen LogP contribution in [0.1, 0.15) is 40.2 Å². The van der Waals surface area contributed by atoms with E-state index < -0.39 is 0 Å². The largest absolute Gasteiger partial charge is 0.466 e. The molecule has 0 amide bonds. The molecule has 0 aliphatic carbocycles. The minimum absolute atomic E-state index is 0.0568. The zero-order valence-corrected chi connectivity index (χ0v) is 18.1. The number of hydrogen-bond donors (Lipinski definition) is 0. The third-order valence-electron chi connectivity index (χ3n) is 4.62. The van der Waals surface area contributed by atoms with Crippen molar-refractivity contribution in [3.8, 4) is 5.19 Å². The maximum atomic E-state index is 12.9. The van der Waals surface area contributed by atoms with Gasteiger partial charge in [0.25, 0.3) is 5.19 Å². The summed E-state index contributed by atoms with van der Waals surface area (Å²) in [5.74, 6) is 0.0734. The molecule has 0 saturated carbocycles. The van der Waals surface area contributed by atoms with Crippen molar-refractivity contribution < 1.29 is 9.53 Å². The van der Waals surface area contributed by atoms with E-state index in [9.17, 15) is 4.79 Å². The van der Waals surface area contributed by atoms with Gasteiger partial charge in [-0.15, -0.1) is 5.10 Å². The van der Waals surface area contributed by atoms with Crippen LogP contribution < -0.4 is 9.64 Å². The first-order valence-electron chi connectivity index (χ1n) is 8.96. The normalized spacial score (nSPS) is 18.0. The van der Waals surface area contributed by atoms with Crippen molar-refractivity contribution in [1.29, 1.82) is 0 Å². The number of aromatic nitrogens is 2. The Morgan fingerprint density at radius 3 is 2.63 bits per heavy atom. The van der Waals surface area contributed by atoms with Crippen LogP contribution in [0.3, 0.4) is 0 Å². The van der Waals surface area contributed by atoms with E-state index in [2.05, 4.69) is 41.1 Å². The molecule has 7 heteroatoms. The van der Waals surface area contributed by atoms with E-state index in [1.165, 1.54) is 28.7 Å². The first-order valence-corrected chi connectivity index (χ1v) is 10.7. The van der Waals surface area contributed by atoms with E-state index in [-0.39, 0.29) is 22.6 Å². The number of para-hydroxylation sites is 1. The van der Waals surface area contributed by atoms with Gasteiger partial charge in [-0.2, -0.15) is 0 Å². The Bertz CT molecular complexity index is 874. The number of fused-ring (bicyclic) bond motifs is 1. The summed E-state index contributed by atoms with van der Waals surface area (Å²) in [6.45, 7) is 10.1. The molecule has 0 bridgehead atoms. The summed E-state index contributed by atoms with van der Waals surface area (Å²) in [5.41, 5.74) is 3.21. The molecule has 0 saturated heterocycles. The van der Waals surface area contributed by atoms with E-state index in [0.29, 0.717) is 5.19 Å². The molecule has 0 fully saturated rings. The van der Waals surface area contributed by atoms with Crippen molar-refractivity contribution >= 4 is 34.6 Å². The third kappa shape index (κ3) is 4.04. The smallest absolute Gasteiger partial charge is 0.295 e. The van der Waals surface area contributed by atoms with Gasteiger partial charge in [0.1, 0.15) is 0 Å². The molecule has 27 heavy (non-hydrogen) atoms. The zero-order chi connectivity index (χ0) is 19.8. The van der Waals surface area contributed by atoms with E-state index >= 15 is 0 Å². The molecule has 1 aliphatic rings. The summed E-state index contributed by atoms with van der Waals surface area (Å²) in [7, 11) is 2.02. The fourth-order valence-electron chi connectivity index (χ4n) is 3.21. The summed E-state index contributed by atoms with van der Waals surface area (Å²) in [6.07, 6.45) is 1.84. The van der Waals surface area contributed by atoms with Crippen molar-refractivity contribution in [2.45, 2.75) is 55.7 Å². The van der Waals surface area contributed by atoms with Crippen LogP contribution in [0.15, 0.2) is 40.4 Å². The summed E-state index contributed by atoms with van der Waals surface area (Å²) in [6, 6.07) is 8.30. The molecule has 1 unspecified atom stereocenters. The molecule has 144 valence electrons. The molecule has 5 nitrogen and oxygen atoms in total. The van der Waals surface area contributed by atoms with E-state index in [4.69, 9.17) is 4.74 Å². The summed E-state index contributed by atoms with van der Waals surface area (Å²) < 4.78 is 6.29. The predicted molar refractivity (Wildman–Crippen MR) is 112 cm³/mol. The minimum Gasteiger partial charge on any atom is -0.466 e. The Kier molecular flexibility index (Phi) is 5.63. The van der Waals surface area contributed by atoms with Crippen LogP contribution in [-0.2, 0) is 10.2 Å². The number of nitrogens with zero attached hydrogens (tertiary/aromatic N) is 3. The highest BCUT2D eigenvalue weighted by atomic mass is 32.2. The fraction of sp³-hybridized carbons (Fsp3) is 0.450. The second kappa shape index (κ2) is 7.64. The lowest BCUT2D eigenvalue weighted by atomic mass is 9.83. The number of allylic oxidation sites excluding steroid dienone is 2. The molecule has 3 rings (SSSR count). The van der Waals surface area contributed by atoms with Gasteiger partial charge in [-0.25, -0.2) is 0 Å². The van der Waals surface area contributed by atoms with E-state index in [1.807, 2.05) is 40.0 Å². The topological polar surface area (TPSA) is 55.3 Å². The van der Waals surface area contributed by atoms with E-state index in [0.717, 1.165) is 15.7 Å². The van der Waals surface area contributed by atoms with E-state index in [1.54, 1.807) is 6.08 Å². The Morgan fingerprint density at radius 1 is 1.26 bits per heavy atom. The molecule has 2 aromatic rings. The van der Waals surface area contributed by atoms with Crippen LogP contribution in [0.5, 0.6) is 5.19 Å². The number of benzene rings is 1. The van der Waals surface area contributed by atoms with Gasteiger partial charge in [-0.1, -0.05) is 48.9 Å². The first kappa shape index (κ1) is 19.9. The SMILES string of the molecule is CC(C)Oc1nnc(SC(C)C(=O)/C=C2/N(C)c3ccccc3C2(C)C)s1. The first-order chi connectivity index (χ1) is 12.7. The lowest BCUT2D eigenvalue weighted by molar-refractivity contribution is -0.113. The number of rotatable bonds is 6. The highest BCUT2D eigenvalue weighted by molar-refractivity contribution is 8.02. The summed E-state index contributed by atoms with van der Waals surface area (Å²) >= 11 is 2.80. The lowest BCUT2D eigenvalue weighted by Crippen LogP contribution is -2.25. The zero-order valence-electron chi connectivity index (χ0n) is 16.5. The number of ketones is 1. The molecule has 1 aliphatic heterocycles. The molecule has 1 atom stereocenters. The predicted octanol–water partition coefficient (Wildman–Crippen LogP) is 4.69. The second-order valence-electron chi connectivity index (χ2n) is 7.39. The van der Waals surface area contributed by atoms with Gasteiger partial charge in [-0.05, 0) is 43.7 Å². The Hall–Kier alpha value is -1.86. The fourth-order valence-corrected chi connectivity index (χ4v) is 5.18. The van der Waals surface area contributed by atoms with Gasteiger partial charge in [0.2, 0.25) is 0 Å². The van der Waals surface area contributed by atoms with Crippen LogP contribution in [-0.4, -0.2) is 34.4 Å². The van der Waals surface area contributed by atoms with Crippen LogP contribution >= 0.6 is 23.1 Å². The maximum Gasteiger partial charge on any atom is 0.295 e. The minimum atomic E-state index is -0.245. The lowest BCUT2D eigenvalue weighted by Gasteiger charge is -2.24. The average molecular weight is 404 g/mol. The van der Waals surface area contributed by atoms with Gasteiger partial charge in [0.05, 0.1) is 11.4 Å². The molecule has 2 heterocycles. The third-order valence-corrected chi connectivity index (χ3v) is 6.64. The summed E-state index contributed by atoms with van der Waals surface area (Å²) in [5, 5.41) is 8.44. The van der Waals surface area contributed by atoms with Crippen molar-refractivity contribution in [3.63, 3.8) is 0 Å². The van der Waals surface area contributed by atoms with Crippen molar-refractivity contribution in [2.75, 3.05) is 11.9 Å². The number of carbonyl (C=O) groups is 1. The van der Waals surface area contributed by atoms with Crippen molar-refractivity contribution in [2.24, 2.45) is 0 Å². The monoisotopic (exact) mass is 403 g/mol. The van der Waals surface area contributed by atoms with Crippen LogP contribution in [0.2, 0.25) is 0 Å². The Labute approximate surface area is 168 Å². The number of ether oxygens (including phenoxy) is 1. The van der Waals surface area contributed by atoms with Crippen LogP contribution in [0.4, 0.5) is 5.69 Å². The molecule has 0 radical (unpaired) electrons. The summed E-state index contributed by atoms with van der Waals surface area (Å²) in [4.78, 5) is 15.0. The maximum absolute atomic E-state index is 12.9. The molecule has 1 aromatic heterocycles. The van der Waals surface area contributed by atoms with Crippen molar-refractivity contribution in [1.82, 2.24) is 10.2 Å². The van der Waals surface area contributed by atoms with Gasteiger partial charge in [0, 0.05) is 29.9 Å². The number of carbonyl (C=O) groups excluding carboxylic acids is 1. The molecular weight excluding hydrogens is 378 g/mol. The molecular formula is C20H25N3O2S2. The van der Waals surface area contributed by atoms with Gasteiger partial charge in [0.15, 0.2) is 10.1 Å². The quantitative estimate of drug-likeness (QED) is 0.515. The van der Waals surface area contributed by atoms with Crippen LogP contribution in [0, 0.1) is 0 Å². The average Bonchev–Trinajstić information content (AvgIpc) is 3.11. The number of hydrogen-bond acceptors (Lipinski definition) is 7. The Morgan fingerprint density at radius 2 is 1.96 bits per heavy atom. The van der Waals surface area contributed by atoms with Gasteiger partial charge >= 0.3 is 0 Å². The molecule has 0 spiro atoms. The molecule has 0 N–H and O–H groups in total. The second-order valence-corrected chi connectivity index (χ2v) is 9.92. The van der Waals surface area contributed by atoms with Gasteiger partial charge < -0.3 is 9.64 Å². The molecule has 1 aromatic carbocycles. The number of thioether (sulfide) groups is 1.